The summed E-state index contributed by atoms with van der Waals surface area (Å²) in [4.78, 5) is 2.43. The van der Waals surface area contributed by atoms with E-state index in [1.807, 2.05) is 25.1 Å². The molecule has 0 atom stereocenters. The first-order valence-electron chi connectivity index (χ1n) is 7.61. The van der Waals surface area contributed by atoms with Crippen molar-refractivity contribution in [3.63, 3.8) is 0 Å². The van der Waals surface area contributed by atoms with Crippen molar-refractivity contribution in [2.45, 2.75) is 26.3 Å². The Morgan fingerprint density at radius 2 is 1.81 bits per heavy atom. The predicted octanol–water partition coefficient (Wildman–Crippen LogP) is 3.91. The Hall–Kier alpha value is -2.16. The second kappa shape index (κ2) is 6.08. The highest BCUT2D eigenvalue weighted by molar-refractivity contribution is 5.70. The molecule has 0 spiro atoms. The Morgan fingerprint density at radius 3 is 2.62 bits per heavy atom. The number of anilines is 2. The number of rotatable bonds is 4. The van der Waals surface area contributed by atoms with E-state index in [-0.39, 0.29) is 0 Å². The maximum absolute atomic E-state index is 10.1. The summed E-state index contributed by atoms with van der Waals surface area (Å²) in [6.07, 6.45) is 2.54. The second-order valence-corrected chi connectivity index (χ2v) is 5.65. The molecule has 1 aliphatic rings. The molecule has 0 bridgehead atoms. The lowest BCUT2D eigenvalue weighted by atomic mass is 10.1. The summed E-state index contributed by atoms with van der Waals surface area (Å²) >= 11 is 0. The lowest BCUT2D eigenvalue weighted by molar-refractivity contribution is 0.465. The van der Waals surface area contributed by atoms with Gasteiger partial charge in [-0.25, -0.2) is 0 Å². The smallest absolute Gasteiger partial charge is 0.123 e. The van der Waals surface area contributed by atoms with Gasteiger partial charge in [-0.1, -0.05) is 30.3 Å². The van der Waals surface area contributed by atoms with Crippen molar-refractivity contribution in [1.29, 1.82) is 0 Å². The van der Waals surface area contributed by atoms with Gasteiger partial charge in [0.1, 0.15) is 5.75 Å². The number of phenols is 1. The van der Waals surface area contributed by atoms with E-state index in [0.29, 0.717) is 12.3 Å². The van der Waals surface area contributed by atoms with Gasteiger partial charge < -0.3 is 15.3 Å². The van der Waals surface area contributed by atoms with Crippen LogP contribution in [0.5, 0.6) is 5.75 Å². The van der Waals surface area contributed by atoms with Gasteiger partial charge in [-0.3, -0.25) is 0 Å². The highest BCUT2D eigenvalue weighted by Gasteiger charge is 2.15. The molecule has 2 aromatic rings. The van der Waals surface area contributed by atoms with Gasteiger partial charge in [-0.15, -0.1) is 0 Å². The van der Waals surface area contributed by atoms with Crippen LogP contribution in [0.4, 0.5) is 11.4 Å². The molecule has 1 fully saturated rings. The molecule has 110 valence electrons. The van der Waals surface area contributed by atoms with Gasteiger partial charge in [0.25, 0.3) is 0 Å². The monoisotopic (exact) mass is 282 g/mol. The SMILES string of the molecule is Cc1cccc(CNc2ccccc2N2CCCC2)c1O. The molecule has 1 aliphatic heterocycles. The number of hydrogen-bond acceptors (Lipinski definition) is 3. The Morgan fingerprint density at radius 1 is 1.05 bits per heavy atom. The van der Waals surface area contributed by atoms with Crippen LogP contribution in [-0.4, -0.2) is 18.2 Å². The molecular weight excluding hydrogens is 260 g/mol. The van der Waals surface area contributed by atoms with Crippen LogP contribution in [0.3, 0.4) is 0 Å². The molecule has 1 heterocycles. The minimum absolute atomic E-state index is 0.392. The first-order valence-corrected chi connectivity index (χ1v) is 7.61. The Balaban J connectivity index is 1.77. The fourth-order valence-electron chi connectivity index (χ4n) is 2.91. The van der Waals surface area contributed by atoms with Crippen LogP contribution in [0, 0.1) is 6.92 Å². The summed E-state index contributed by atoms with van der Waals surface area (Å²) in [7, 11) is 0. The lowest BCUT2D eigenvalue weighted by Crippen LogP contribution is -2.19. The Labute approximate surface area is 126 Å². The lowest BCUT2D eigenvalue weighted by Gasteiger charge is -2.22. The van der Waals surface area contributed by atoms with Crippen LogP contribution in [0.25, 0.3) is 0 Å². The third-order valence-corrected chi connectivity index (χ3v) is 4.14. The number of para-hydroxylation sites is 3. The zero-order valence-corrected chi connectivity index (χ0v) is 12.5. The van der Waals surface area contributed by atoms with Gasteiger partial charge in [-0.05, 0) is 37.5 Å². The average Bonchev–Trinajstić information content (AvgIpc) is 3.03. The zero-order chi connectivity index (χ0) is 14.7. The van der Waals surface area contributed by atoms with Gasteiger partial charge in [0, 0.05) is 25.2 Å². The number of hydrogen-bond donors (Lipinski definition) is 2. The van der Waals surface area contributed by atoms with Crippen molar-refractivity contribution in [3.8, 4) is 5.75 Å². The van der Waals surface area contributed by atoms with Crippen molar-refractivity contribution in [2.24, 2.45) is 0 Å². The number of phenolic OH excluding ortho intramolecular Hbond substituents is 1. The molecule has 1 saturated heterocycles. The topological polar surface area (TPSA) is 35.5 Å². The number of aromatic hydroxyl groups is 1. The number of nitrogens with zero attached hydrogens (tertiary/aromatic N) is 1. The molecule has 0 saturated carbocycles. The van der Waals surface area contributed by atoms with Crippen LogP contribution in [-0.2, 0) is 6.54 Å². The molecule has 0 radical (unpaired) electrons. The summed E-state index contributed by atoms with van der Waals surface area (Å²) in [5.74, 6) is 0.392. The van der Waals surface area contributed by atoms with E-state index < -0.39 is 0 Å². The van der Waals surface area contributed by atoms with Crippen molar-refractivity contribution in [2.75, 3.05) is 23.3 Å². The molecule has 3 heteroatoms. The van der Waals surface area contributed by atoms with Gasteiger partial charge in [0.2, 0.25) is 0 Å². The number of benzene rings is 2. The maximum Gasteiger partial charge on any atom is 0.123 e. The van der Waals surface area contributed by atoms with Gasteiger partial charge in [-0.2, -0.15) is 0 Å². The van der Waals surface area contributed by atoms with E-state index in [2.05, 4.69) is 34.5 Å². The molecule has 21 heavy (non-hydrogen) atoms. The van der Waals surface area contributed by atoms with Gasteiger partial charge in [0.15, 0.2) is 0 Å². The van der Waals surface area contributed by atoms with E-state index >= 15 is 0 Å². The number of aryl methyl sites for hydroxylation is 1. The summed E-state index contributed by atoms with van der Waals surface area (Å²) < 4.78 is 0. The van der Waals surface area contributed by atoms with E-state index in [4.69, 9.17) is 0 Å². The Kier molecular flexibility index (Phi) is 4.00. The molecular formula is C18H22N2O. The summed E-state index contributed by atoms with van der Waals surface area (Å²) in [5, 5.41) is 13.6. The quantitative estimate of drug-likeness (QED) is 0.892. The maximum atomic E-state index is 10.1. The largest absolute Gasteiger partial charge is 0.507 e. The summed E-state index contributed by atoms with van der Waals surface area (Å²) in [6.45, 7) is 4.83. The molecule has 0 aromatic heterocycles. The van der Waals surface area contributed by atoms with Crippen molar-refractivity contribution >= 4 is 11.4 Å². The molecule has 3 rings (SSSR count). The van der Waals surface area contributed by atoms with Crippen molar-refractivity contribution in [1.82, 2.24) is 0 Å². The highest BCUT2D eigenvalue weighted by atomic mass is 16.3. The molecule has 0 amide bonds. The molecule has 3 nitrogen and oxygen atoms in total. The molecule has 2 N–H and O–H groups in total. The predicted molar refractivity (Wildman–Crippen MR) is 88.1 cm³/mol. The first kappa shape index (κ1) is 13.8. The molecule has 0 aliphatic carbocycles. The van der Waals surface area contributed by atoms with Crippen LogP contribution >= 0.6 is 0 Å². The average molecular weight is 282 g/mol. The first-order chi connectivity index (χ1) is 10.3. The standard InChI is InChI=1S/C18H22N2O/c1-14-7-6-8-15(18(14)21)13-19-16-9-2-3-10-17(16)20-11-4-5-12-20/h2-3,6-10,19,21H,4-5,11-13H2,1H3. The van der Waals surface area contributed by atoms with Crippen LogP contribution in [0.15, 0.2) is 42.5 Å². The van der Waals surface area contributed by atoms with Gasteiger partial charge in [0.05, 0.1) is 11.4 Å². The zero-order valence-electron chi connectivity index (χ0n) is 12.5. The van der Waals surface area contributed by atoms with E-state index in [9.17, 15) is 5.11 Å². The summed E-state index contributed by atoms with van der Waals surface area (Å²) in [6, 6.07) is 14.3. The van der Waals surface area contributed by atoms with Crippen molar-refractivity contribution in [3.05, 3.63) is 53.6 Å². The second-order valence-electron chi connectivity index (χ2n) is 5.65. The summed E-state index contributed by atoms with van der Waals surface area (Å²) in [5.41, 5.74) is 4.26. The van der Waals surface area contributed by atoms with Crippen LogP contribution in [0.2, 0.25) is 0 Å². The third kappa shape index (κ3) is 2.97. The van der Waals surface area contributed by atoms with E-state index in [1.165, 1.54) is 18.5 Å². The third-order valence-electron chi connectivity index (χ3n) is 4.14. The molecule has 0 unspecified atom stereocenters. The Bertz CT molecular complexity index is 618. The highest BCUT2D eigenvalue weighted by Crippen LogP contribution is 2.30. The fourth-order valence-corrected chi connectivity index (χ4v) is 2.91. The van der Waals surface area contributed by atoms with Gasteiger partial charge >= 0.3 is 0 Å². The minimum Gasteiger partial charge on any atom is -0.507 e. The van der Waals surface area contributed by atoms with E-state index in [0.717, 1.165) is 29.9 Å². The van der Waals surface area contributed by atoms with Crippen LogP contribution < -0.4 is 10.2 Å². The van der Waals surface area contributed by atoms with Crippen LogP contribution in [0.1, 0.15) is 24.0 Å². The number of nitrogens with one attached hydrogen (secondary N) is 1. The fraction of sp³-hybridized carbons (Fsp3) is 0.333. The molecule has 2 aromatic carbocycles. The normalized spacial score (nSPS) is 14.4. The van der Waals surface area contributed by atoms with Crippen molar-refractivity contribution < 1.29 is 5.11 Å². The minimum atomic E-state index is 0.392. The van der Waals surface area contributed by atoms with E-state index in [1.54, 1.807) is 0 Å².